The van der Waals surface area contributed by atoms with Gasteiger partial charge in [-0.2, -0.15) is 15.2 Å². The molecule has 2 fully saturated rings. The fourth-order valence-corrected chi connectivity index (χ4v) is 6.12. The molecule has 1 aromatic carbocycles. The molecule has 5 N–H and O–H groups in total. The second-order valence-electron chi connectivity index (χ2n) is 9.89. The number of hydrazine groups is 1. The zero-order valence-corrected chi connectivity index (χ0v) is 21.1. The maximum atomic E-state index is 14.7. The summed E-state index contributed by atoms with van der Waals surface area (Å²) in [7, 11) is -3.53. The summed E-state index contributed by atoms with van der Waals surface area (Å²) >= 11 is 0. The van der Waals surface area contributed by atoms with E-state index in [9.17, 15) is 18.1 Å². The van der Waals surface area contributed by atoms with Gasteiger partial charge in [0, 0.05) is 31.1 Å². The van der Waals surface area contributed by atoms with Crippen LogP contribution in [0.25, 0.3) is 11.0 Å². The van der Waals surface area contributed by atoms with Gasteiger partial charge in [0.25, 0.3) is 0 Å². The van der Waals surface area contributed by atoms with Gasteiger partial charge in [-0.3, -0.25) is 10.9 Å². The number of nitrogen functional groups attached to an aromatic ring is 1. The predicted octanol–water partition coefficient (Wildman–Crippen LogP) is 2.99. The Morgan fingerprint density at radius 3 is 2.75 bits per heavy atom. The quantitative estimate of drug-likeness (QED) is 0.404. The fourth-order valence-electron chi connectivity index (χ4n) is 5.49. The molecule has 0 bridgehead atoms. The third-order valence-corrected chi connectivity index (χ3v) is 8.38. The summed E-state index contributed by atoms with van der Waals surface area (Å²) in [6, 6.07) is 6.22. The smallest absolute Gasteiger partial charge is 0.231 e. The molecule has 0 radical (unpaired) electrons. The fraction of sp³-hybridized carbons (Fsp3) is 0.458. The zero-order valence-electron chi connectivity index (χ0n) is 20.3. The number of sulfone groups is 1. The van der Waals surface area contributed by atoms with Gasteiger partial charge in [-0.25, -0.2) is 12.8 Å². The molecule has 5 rings (SSSR count). The largest absolute Gasteiger partial charge is 0.383 e. The van der Waals surface area contributed by atoms with Crippen LogP contribution < -0.4 is 21.9 Å². The molecule has 3 aromatic rings. The summed E-state index contributed by atoms with van der Waals surface area (Å²) in [4.78, 5) is 9.01. The number of anilines is 3. The topological polar surface area (TPSA) is 151 Å². The molecule has 0 spiro atoms. The molecular weight excluding hydrogens is 483 g/mol. The number of nitrogens with zero attached hydrogens (tertiary/aromatic N) is 4. The van der Waals surface area contributed by atoms with Crippen LogP contribution in [0.3, 0.4) is 0 Å². The van der Waals surface area contributed by atoms with Gasteiger partial charge in [0.1, 0.15) is 17.3 Å². The zero-order chi connectivity index (χ0) is 25.8. The van der Waals surface area contributed by atoms with Gasteiger partial charge in [0.05, 0.1) is 28.0 Å². The van der Waals surface area contributed by atoms with Crippen molar-refractivity contribution in [1.82, 2.24) is 25.4 Å². The van der Waals surface area contributed by atoms with Crippen LogP contribution in [0.1, 0.15) is 44.2 Å². The van der Waals surface area contributed by atoms with Crippen molar-refractivity contribution in [1.29, 1.82) is 5.26 Å². The SMILES string of the molecule is CC(C)n1cc(C2CCC(C#N)C3NNCC23)c2c(N)nc(Nc3ccc(S(C)(=O)=O)cc3F)nc21. The van der Waals surface area contributed by atoms with Crippen molar-refractivity contribution in [2.45, 2.75) is 49.6 Å². The molecule has 1 aliphatic carbocycles. The van der Waals surface area contributed by atoms with Crippen molar-refractivity contribution in [3.63, 3.8) is 0 Å². The minimum Gasteiger partial charge on any atom is -0.383 e. The van der Waals surface area contributed by atoms with Gasteiger partial charge in [0.15, 0.2) is 9.84 Å². The van der Waals surface area contributed by atoms with Gasteiger partial charge in [-0.15, -0.1) is 0 Å². The van der Waals surface area contributed by atoms with Gasteiger partial charge in [-0.1, -0.05) is 0 Å². The van der Waals surface area contributed by atoms with E-state index in [1.165, 1.54) is 12.1 Å². The molecule has 36 heavy (non-hydrogen) atoms. The summed E-state index contributed by atoms with van der Waals surface area (Å²) < 4.78 is 40.2. The van der Waals surface area contributed by atoms with E-state index in [4.69, 9.17) is 5.73 Å². The minimum absolute atomic E-state index is 0.0461. The second kappa shape index (κ2) is 8.99. The number of hydrogen-bond donors (Lipinski definition) is 4. The molecule has 4 unspecified atom stereocenters. The molecule has 2 aromatic heterocycles. The molecule has 10 nitrogen and oxygen atoms in total. The Balaban J connectivity index is 1.55. The number of rotatable bonds is 5. The number of nitrogens with two attached hydrogens (primary N) is 1. The minimum atomic E-state index is -3.53. The van der Waals surface area contributed by atoms with E-state index in [1.54, 1.807) is 0 Å². The van der Waals surface area contributed by atoms with E-state index in [-0.39, 0.29) is 52.2 Å². The Morgan fingerprint density at radius 2 is 2.08 bits per heavy atom. The van der Waals surface area contributed by atoms with Crippen LogP contribution in [0.5, 0.6) is 0 Å². The van der Waals surface area contributed by atoms with Gasteiger partial charge in [0.2, 0.25) is 5.95 Å². The highest BCUT2D eigenvalue weighted by Gasteiger charge is 2.44. The third kappa shape index (κ3) is 4.17. The lowest BCUT2D eigenvalue weighted by molar-refractivity contribution is 0.245. The van der Waals surface area contributed by atoms with E-state index in [0.29, 0.717) is 5.65 Å². The lowest BCUT2D eigenvalue weighted by Gasteiger charge is -2.35. The number of fused-ring (bicyclic) bond motifs is 2. The van der Waals surface area contributed by atoms with Crippen LogP contribution in [-0.4, -0.2) is 41.8 Å². The molecule has 12 heteroatoms. The summed E-state index contributed by atoms with van der Waals surface area (Å²) in [5.74, 6) is 0.0232. The number of aromatic nitrogens is 3. The lowest BCUT2D eigenvalue weighted by Crippen LogP contribution is -2.42. The van der Waals surface area contributed by atoms with E-state index < -0.39 is 15.7 Å². The first kappa shape index (κ1) is 24.4. The van der Waals surface area contributed by atoms with Crippen LogP contribution >= 0.6 is 0 Å². The van der Waals surface area contributed by atoms with Gasteiger partial charge >= 0.3 is 0 Å². The van der Waals surface area contributed by atoms with E-state index in [2.05, 4.69) is 38.4 Å². The number of nitrogens with one attached hydrogen (secondary N) is 3. The number of hydrogen-bond acceptors (Lipinski definition) is 9. The highest BCUT2D eigenvalue weighted by atomic mass is 32.2. The van der Waals surface area contributed by atoms with Crippen LogP contribution in [0.2, 0.25) is 0 Å². The third-order valence-electron chi connectivity index (χ3n) is 7.27. The van der Waals surface area contributed by atoms with Crippen molar-refractivity contribution < 1.29 is 12.8 Å². The van der Waals surface area contributed by atoms with Crippen LogP contribution in [0.15, 0.2) is 29.3 Å². The maximum Gasteiger partial charge on any atom is 0.231 e. The van der Waals surface area contributed by atoms with Crippen LogP contribution in [0.4, 0.5) is 21.8 Å². The standard InChI is InChI=1S/C24H29FN8O2S/c1-12(2)33-11-17(15-6-4-13(9-26)21-16(15)10-28-32-21)20-22(27)30-24(31-23(20)33)29-19-7-5-14(8-18(19)25)36(3,34)35/h5,7-8,11-13,15-16,21,28,32H,4,6,10H2,1-3H3,(H3,27,29,30,31). The summed E-state index contributed by atoms with van der Waals surface area (Å²) in [6.07, 6.45) is 4.75. The van der Waals surface area contributed by atoms with E-state index >= 15 is 0 Å². The first-order valence-corrected chi connectivity index (χ1v) is 13.8. The Bertz CT molecular complexity index is 1480. The highest BCUT2D eigenvalue weighted by Crippen LogP contribution is 2.45. The van der Waals surface area contributed by atoms with Crippen molar-refractivity contribution in [3.8, 4) is 6.07 Å². The average Bonchev–Trinajstić information content (AvgIpc) is 3.45. The van der Waals surface area contributed by atoms with Crippen molar-refractivity contribution in [2.24, 2.45) is 11.8 Å². The van der Waals surface area contributed by atoms with Crippen molar-refractivity contribution in [2.75, 3.05) is 23.9 Å². The predicted molar refractivity (Wildman–Crippen MR) is 135 cm³/mol. The Kier molecular flexibility index (Phi) is 6.10. The molecular formula is C24H29FN8O2S. The normalized spacial score (nSPS) is 24.1. The maximum absolute atomic E-state index is 14.7. The molecule has 3 heterocycles. The lowest BCUT2D eigenvalue weighted by atomic mass is 9.69. The summed E-state index contributed by atoms with van der Waals surface area (Å²) in [5.41, 5.74) is 14.7. The summed E-state index contributed by atoms with van der Waals surface area (Å²) in [5, 5.41) is 13.2. The average molecular weight is 513 g/mol. The first-order valence-electron chi connectivity index (χ1n) is 11.9. The molecule has 4 atom stereocenters. The highest BCUT2D eigenvalue weighted by molar-refractivity contribution is 7.90. The van der Waals surface area contributed by atoms with E-state index in [0.717, 1.165) is 42.7 Å². The molecule has 1 saturated carbocycles. The second-order valence-corrected chi connectivity index (χ2v) is 11.9. The number of nitriles is 1. The molecule has 1 aliphatic heterocycles. The van der Waals surface area contributed by atoms with Crippen LogP contribution in [-0.2, 0) is 9.84 Å². The van der Waals surface area contributed by atoms with Crippen molar-refractivity contribution in [3.05, 3.63) is 35.8 Å². The molecule has 1 saturated heterocycles. The van der Waals surface area contributed by atoms with Gasteiger partial charge in [-0.05, 0) is 62.3 Å². The Labute approximate surface area is 209 Å². The summed E-state index contributed by atoms with van der Waals surface area (Å²) in [6.45, 7) is 4.85. The molecule has 190 valence electrons. The molecule has 0 amide bonds. The van der Waals surface area contributed by atoms with Crippen molar-refractivity contribution >= 4 is 38.3 Å². The first-order chi connectivity index (χ1) is 17.1. The Morgan fingerprint density at radius 1 is 1.31 bits per heavy atom. The van der Waals surface area contributed by atoms with E-state index in [1.807, 2.05) is 18.4 Å². The number of halogens is 1. The van der Waals surface area contributed by atoms with Crippen LogP contribution in [0, 0.1) is 29.0 Å². The molecule has 2 aliphatic rings. The Hall–Kier alpha value is -3.27. The monoisotopic (exact) mass is 512 g/mol. The number of benzene rings is 1. The van der Waals surface area contributed by atoms with Gasteiger partial charge < -0.3 is 15.6 Å².